The molecule has 0 atom stereocenters. The molecular weight excluding hydrogens is 256 g/mol. The van der Waals surface area contributed by atoms with Gasteiger partial charge >= 0.3 is 0 Å². The van der Waals surface area contributed by atoms with E-state index >= 15 is 0 Å². The molecule has 0 radical (unpaired) electrons. The first-order chi connectivity index (χ1) is 9.72. The molecule has 0 spiro atoms. The molecule has 2 rings (SSSR count). The highest BCUT2D eigenvalue weighted by Gasteiger charge is 2.08. The van der Waals surface area contributed by atoms with Crippen LogP contribution in [0.25, 0.3) is 0 Å². The van der Waals surface area contributed by atoms with E-state index in [9.17, 15) is 0 Å². The number of aryl methyl sites for hydroxylation is 1. The zero-order valence-electron chi connectivity index (χ0n) is 11.8. The number of hydrogen-bond donors (Lipinski definition) is 2. The standard InChI is InChI=1S/C13H20N6O/c1-3-8-20-13-11(14)12(16-9-17-13)15-6-4-10-5-7-18-19(10)2/h5,7,9H,3-4,6,8,14H2,1-2H3,(H,15,16,17). The third-order valence-electron chi connectivity index (χ3n) is 2.89. The molecule has 0 saturated heterocycles. The van der Waals surface area contributed by atoms with Gasteiger partial charge in [-0.05, 0) is 12.5 Å². The first-order valence-electron chi connectivity index (χ1n) is 6.66. The van der Waals surface area contributed by atoms with Crippen LogP contribution in [-0.4, -0.2) is 32.9 Å². The third-order valence-corrected chi connectivity index (χ3v) is 2.89. The Morgan fingerprint density at radius 3 is 2.95 bits per heavy atom. The Hall–Kier alpha value is -2.31. The van der Waals surface area contributed by atoms with Gasteiger partial charge in [0.1, 0.15) is 12.0 Å². The highest BCUT2D eigenvalue weighted by Crippen LogP contribution is 2.24. The third kappa shape index (κ3) is 3.37. The van der Waals surface area contributed by atoms with Crippen LogP contribution < -0.4 is 15.8 Å². The number of anilines is 2. The Morgan fingerprint density at radius 2 is 2.25 bits per heavy atom. The van der Waals surface area contributed by atoms with Crippen molar-refractivity contribution in [2.24, 2.45) is 7.05 Å². The van der Waals surface area contributed by atoms with Crippen molar-refractivity contribution in [1.29, 1.82) is 0 Å². The Kier molecular flexibility index (Phi) is 4.75. The van der Waals surface area contributed by atoms with Gasteiger partial charge in [-0.1, -0.05) is 6.92 Å². The molecule has 0 fully saturated rings. The fourth-order valence-electron chi connectivity index (χ4n) is 1.79. The molecule has 7 heteroatoms. The van der Waals surface area contributed by atoms with Crippen LogP contribution in [0.15, 0.2) is 18.6 Å². The van der Waals surface area contributed by atoms with E-state index in [1.165, 1.54) is 6.33 Å². The molecule has 7 nitrogen and oxygen atoms in total. The number of ether oxygens (including phenoxy) is 1. The van der Waals surface area contributed by atoms with Gasteiger partial charge in [0.2, 0.25) is 5.88 Å². The van der Waals surface area contributed by atoms with E-state index in [0.29, 0.717) is 30.5 Å². The van der Waals surface area contributed by atoms with E-state index in [1.807, 2.05) is 24.7 Å². The number of aromatic nitrogens is 4. The van der Waals surface area contributed by atoms with Crippen molar-refractivity contribution in [3.05, 3.63) is 24.3 Å². The van der Waals surface area contributed by atoms with E-state index in [-0.39, 0.29) is 0 Å². The summed E-state index contributed by atoms with van der Waals surface area (Å²) in [4.78, 5) is 8.17. The molecule has 0 bridgehead atoms. The molecule has 0 unspecified atom stereocenters. The lowest BCUT2D eigenvalue weighted by Gasteiger charge is -2.11. The molecule has 20 heavy (non-hydrogen) atoms. The fraction of sp³-hybridized carbons (Fsp3) is 0.462. The molecule has 0 saturated carbocycles. The van der Waals surface area contributed by atoms with Crippen LogP contribution in [0.3, 0.4) is 0 Å². The summed E-state index contributed by atoms with van der Waals surface area (Å²) in [5, 5.41) is 7.32. The van der Waals surface area contributed by atoms with Crippen LogP contribution >= 0.6 is 0 Å². The maximum atomic E-state index is 5.98. The van der Waals surface area contributed by atoms with Crippen molar-refractivity contribution in [1.82, 2.24) is 19.7 Å². The lowest BCUT2D eigenvalue weighted by molar-refractivity contribution is 0.306. The van der Waals surface area contributed by atoms with Crippen LogP contribution in [0.1, 0.15) is 19.0 Å². The molecule has 0 aliphatic carbocycles. The maximum Gasteiger partial charge on any atom is 0.242 e. The number of nitrogen functional groups attached to an aromatic ring is 1. The predicted octanol–water partition coefficient (Wildman–Crippen LogP) is 1.24. The first-order valence-corrected chi connectivity index (χ1v) is 6.66. The number of rotatable bonds is 7. The van der Waals surface area contributed by atoms with Gasteiger partial charge in [-0.15, -0.1) is 0 Å². The van der Waals surface area contributed by atoms with E-state index in [4.69, 9.17) is 10.5 Å². The molecular formula is C13H20N6O. The van der Waals surface area contributed by atoms with Gasteiger partial charge in [0, 0.05) is 31.9 Å². The van der Waals surface area contributed by atoms with E-state index < -0.39 is 0 Å². The minimum atomic E-state index is 0.435. The van der Waals surface area contributed by atoms with Crippen molar-refractivity contribution in [2.45, 2.75) is 19.8 Å². The summed E-state index contributed by atoms with van der Waals surface area (Å²) in [7, 11) is 1.92. The van der Waals surface area contributed by atoms with E-state index in [2.05, 4.69) is 20.4 Å². The molecule has 2 aromatic heterocycles. The normalized spacial score (nSPS) is 10.5. The molecule has 0 aliphatic heterocycles. The summed E-state index contributed by atoms with van der Waals surface area (Å²) in [6.45, 7) is 3.34. The second kappa shape index (κ2) is 6.74. The van der Waals surface area contributed by atoms with Gasteiger partial charge in [0.25, 0.3) is 0 Å². The SMILES string of the molecule is CCCOc1ncnc(NCCc2ccnn2C)c1N. The maximum absolute atomic E-state index is 5.98. The summed E-state index contributed by atoms with van der Waals surface area (Å²) >= 11 is 0. The Morgan fingerprint density at radius 1 is 1.40 bits per heavy atom. The highest BCUT2D eigenvalue weighted by molar-refractivity contribution is 5.66. The van der Waals surface area contributed by atoms with Gasteiger partial charge in [0.15, 0.2) is 5.82 Å². The second-order valence-corrected chi connectivity index (χ2v) is 4.41. The van der Waals surface area contributed by atoms with Crippen molar-refractivity contribution >= 4 is 11.5 Å². The Bertz CT molecular complexity index is 554. The lowest BCUT2D eigenvalue weighted by Crippen LogP contribution is -2.12. The molecule has 2 heterocycles. The van der Waals surface area contributed by atoms with Gasteiger partial charge in [-0.25, -0.2) is 4.98 Å². The molecule has 3 N–H and O–H groups in total. The van der Waals surface area contributed by atoms with Crippen LogP contribution in [0, 0.1) is 0 Å². The van der Waals surface area contributed by atoms with Crippen molar-refractivity contribution in [3.63, 3.8) is 0 Å². The average Bonchev–Trinajstić information content (AvgIpc) is 2.85. The predicted molar refractivity (Wildman–Crippen MR) is 77.6 cm³/mol. The van der Waals surface area contributed by atoms with Crippen LogP contribution in [0.5, 0.6) is 5.88 Å². The molecule has 108 valence electrons. The number of nitrogens with one attached hydrogen (secondary N) is 1. The zero-order chi connectivity index (χ0) is 14.4. The van der Waals surface area contributed by atoms with Crippen LogP contribution in [-0.2, 0) is 13.5 Å². The molecule has 2 aromatic rings. The van der Waals surface area contributed by atoms with Crippen molar-refractivity contribution in [3.8, 4) is 5.88 Å². The lowest BCUT2D eigenvalue weighted by atomic mass is 10.3. The quantitative estimate of drug-likeness (QED) is 0.790. The monoisotopic (exact) mass is 276 g/mol. The van der Waals surface area contributed by atoms with Crippen molar-refractivity contribution in [2.75, 3.05) is 24.2 Å². The van der Waals surface area contributed by atoms with Crippen LogP contribution in [0.2, 0.25) is 0 Å². The smallest absolute Gasteiger partial charge is 0.242 e. The Balaban J connectivity index is 1.94. The summed E-state index contributed by atoms with van der Waals surface area (Å²) in [5.41, 5.74) is 7.58. The van der Waals surface area contributed by atoms with Gasteiger partial charge in [0.05, 0.1) is 6.61 Å². The van der Waals surface area contributed by atoms with Gasteiger partial charge in [-0.2, -0.15) is 10.1 Å². The highest BCUT2D eigenvalue weighted by atomic mass is 16.5. The average molecular weight is 276 g/mol. The first kappa shape index (κ1) is 14.1. The second-order valence-electron chi connectivity index (χ2n) is 4.41. The summed E-state index contributed by atoms with van der Waals surface area (Å²) in [6, 6.07) is 1.99. The van der Waals surface area contributed by atoms with E-state index in [1.54, 1.807) is 6.20 Å². The fourth-order valence-corrected chi connectivity index (χ4v) is 1.79. The topological polar surface area (TPSA) is 90.9 Å². The molecule has 0 aromatic carbocycles. The number of nitrogens with zero attached hydrogens (tertiary/aromatic N) is 4. The Labute approximate surface area is 118 Å². The van der Waals surface area contributed by atoms with E-state index in [0.717, 1.165) is 18.5 Å². The summed E-state index contributed by atoms with van der Waals surface area (Å²) in [5.74, 6) is 1.04. The molecule has 0 aliphatic rings. The van der Waals surface area contributed by atoms with Crippen molar-refractivity contribution < 1.29 is 4.74 Å². The van der Waals surface area contributed by atoms with Crippen LogP contribution in [0.4, 0.5) is 11.5 Å². The van der Waals surface area contributed by atoms with Gasteiger partial charge < -0.3 is 15.8 Å². The summed E-state index contributed by atoms with van der Waals surface area (Å²) < 4.78 is 7.32. The number of hydrogen-bond acceptors (Lipinski definition) is 6. The number of nitrogens with two attached hydrogens (primary N) is 1. The minimum Gasteiger partial charge on any atom is -0.476 e. The zero-order valence-corrected chi connectivity index (χ0v) is 11.8. The van der Waals surface area contributed by atoms with Gasteiger partial charge in [-0.3, -0.25) is 4.68 Å². The minimum absolute atomic E-state index is 0.435. The largest absolute Gasteiger partial charge is 0.476 e. The summed E-state index contributed by atoms with van der Waals surface area (Å²) in [6.07, 6.45) is 4.98. The molecule has 0 amide bonds.